The number of phenols is 2. The highest BCUT2D eigenvalue weighted by Gasteiger charge is 2.03. The molecule has 0 aliphatic rings. The molecule has 0 atom stereocenters. The lowest BCUT2D eigenvalue weighted by Crippen LogP contribution is -2.32. The van der Waals surface area contributed by atoms with Crippen LogP contribution in [0.4, 0.5) is 0 Å². The van der Waals surface area contributed by atoms with E-state index in [2.05, 4.69) is 5.23 Å². The monoisotopic (exact) mass is 195 g/mol. The largest absolute Gasteiger partial charge is 0.504 e. The summed E-state index contributed by atoms with van der Waals surface area (Å²) in [5, 5.41) is 30.0. The third-order valence-electron chi connectivity index (χ3n) is 1.89. The van der Waals surface area contributed by atoms with Crippen molar-refractivity contribution < 1.29 is 15.2 Å². The van der Waals surface area contributed by atoms with Crippen LogP contribution in [0.5, 0.6) is 11.5 Å². The molecular formula is C9H14BNO3. The van der Waals surface area contributed by atoms with Gasteiger partial charge in [0.1, 0.15) is 0 Å². The molecule has 14 heavy (non-hydrogen) atoms. The van der Waals surface area contributed by atoms with Crippen LogP contribution in [0, 0.1) is 0 Å². The normalized spacial score (nSPS) is 10.1. The van der Waals surface area contributed by atoms with Crippen molar-refractivity contribution in [2.75, 3.05) is 6.54 Å². The number of phenolic OH excluding ortho intramolecular Hbond substituents is 2. The van der Waals surface area contributed by atoms with Gasteiger partial charge in [-0.05, 0) is 37.5 Å². The summed E-state index contributed by atoms with van der Waals surface area (Å²) in [6.45, 7) is 2.27. The Morgan fingerprint density at radius 3 is 2.57 bits per heavy atom. The Morgan fingerprint density at radius 1 is 1.29 bits per heavy atom. The van der Waals surface area contributed by atoms with Gasteiger partial charge in [0.15, 0.2) is 11.5 Å². The van der Waals surface area contributed by atoms with E-state index >= 15 is 0 Å². The van der Waals surface area contributed by atoms with Gasteiger partial charge in [0, 0.05) is 0 Å². The first kappa shape index (κ1) is 10.9. The zero-order valence-electron chi connectivity index (χ0n) is 8.07. The second-order valence-electron chi connectivity index (χ2n) is 3.20. The van der Waals surface area contributed by atoms with Crippen LogP contribution < -0.4 is 5.23 Å². The number of hydrogen-bond acceptors (Lipinski definition) is 4. The molecule has 0 fully saturated rings. The van der Waals surface area contributed by atoms with Crippen molar-refractivity contribution in [1.29, 1.82) is 0 Å². The topological polar surface area (TPSA) is 72.7 Å². The van der Waals surface area contributed by atoms with Crippen LogP contribution in [0.3, 0.4) is 0 Å². The molecule has 0 bridgehead atoms. The third kappa shape index (κ3) is 3.28. The van der Waals surface area contributed by atoms with Crippen molar-refractivity contribution in [3.05, 3.63) is 23.8 Å². The molecule has 0 heterocycles. The van der Waals surface area contributed by atoms with Gasteiger partial charge in [0.05, 0.1) is 0 Å². The van der Waals surface area contributed by atoms with Gasteiger partial charge in [0.25, 0.3) is 0 Å². The van der Waals surface area contributed by atoms with E-state index in [0.29, 0.717) is 13.0 Å². The molecule has 0 aromatic heterocycles. The molecule has 4 nitrogen and oxygen atoms in total. The van der Waals surface area contributed by atoms with E-state index in [0.717, 1.165) is 5.56 Å². The summed E-state index contributed by atoms with van der Waals surface area (Å²) >= 11 is 0. The van der Waals surface area contributed by atoms with Gasteiger partial charge < -0.3 is 20.5 Å². The first-order valence-electron chi connectivity index (χ1n) is 4.52. The Balaban J connectivity index is 2.47. The summed E-state index contributed by atoms with van der Waals surface area (Å²) in [5.41, 5.74) is 0.911. The molecule has 0 spiro atoms. The Bertz CT molecular complexity index is 304. The Kier molecular flexibility index (Phi) is 3.79. The molecule has 1 rings (SSSR count). The minimum absolute atomic E-state index is 0.112. The summed E-state index contributed by atoms with van der Waals surface area (Å²) in [6.07, 6.45) is 0.693. The number of benzene rings is 1. The molecular weight excluding hydrogens is 181 g/mol. The van der Waals surface area contributed by atoms with Crippen molar-refractivity contribution in [3.8, 4) is 11.5 Å². The van der Waals surface area contributed by atoms with Crippen LogP contribution in [0.1, 0.15) is 5.56 Å². The number of nitrogens with one attached hydrogen (secondary N) is 1. The predicted molar refractivity (Wildman–Crippen MR) is 55.3 cm³/mol. The van der Waals surface area contributed by atoms with Crippen molar-refractivity contribution in [2.24, 2.45) is 0 Å². The average molecular weight is 195 g/mol. The highest BCUT2D eigenvalue weighted by molar-refractivity contribution is 6.45. The lowest BCUT2D eigenvalue weighted by Gasteiger charge is -2.05. The summed E-state index contributed by atoms with van der Waals surface area (Å²) in [6, 6.07) is 4.70. The Labute approximate surface area is 83.3 Å². The van der Waals surface area contributed by atoms with E-state index in [1.54, 1.807) is 12.9 Å². The van der Waals surface area contributed by atoms with Crippen LogP contribution in [0.15, 0.2) is 18.2 Å². The average Bonchev–Trinajstić information content (AvgIpc) is 2.10. The van der Waals surface area contributed by atoms with Gasteiger partial charge in [-0.2, -0.15) is 0 Å². The van der Waals surface area contributed by atoms with E-state index in [1.165, 1.54) is 12.1 Å². The SMILES string of the molecule is CB(O)NCCc1ccc(O)c(O)c1. The summed E-state index contributed by atoms with van der Waals surface area (Å²) in [4.78, 5) is 0. The summed E-state index contributed by atoms with van der Waals surface area (Å²) in [7, 11) is -0.527. The predicted octanol–water partition coefficient (Wildman–Crippen LogP) is 0.340. The second kappa shape index (κ2) is 4.88. The fraction of sp³-hybridized carbons (Fsp3) is 0.333. The highest BCUT2D eigenvalue weighted by Crippen LogP contribution is 2.24. The van der Waals surface area contributed by atoms with Gasteiger partial charge in [-0.15, -0.1) is 0 Å². The third-order valence-corrected chi connectivity index (χ3v) is 1.89. The maximum atomic E-state index is 9.19. The van der Waals surface area contributed by atoms with Crippen molar-refractivity contribution in [1.82, 2.24) is 5.23 Å². The number of aromatic hydroxyl groups is 2. The van der Waals surface area contributed by atoms with E-state index in [9.17, 15) is 5.11 Å². The molecule has 0 radical (unpaired) electrons. The van der Waals surface area contributed by atoms with E-state index in [-0.39, 0.29) is 11.5 Å². The standard InChI is InChI=1S/C9H14BNO3/c1-10(14)11-5-4-7-2-3-8(12)9(13)6-7/h2-3,6,11-14H,4-5H2,1H3. The summed E-state index contributed by atoms with van der Waals surface area (Å²) in [5.74, 6) is -0.225. The Morgan fingerprint density at radius 2 is 2.00 bits per heavy atom. The van der Waals surface area contributed by atoms with Crippen LogP contribution in [0.2, 0.25) is 6.82 Å². The van der Waals surface area contributed by atoms with Crippen LogP contribution in [-0.2, 0) is 6.42 Å². The quantitative estimate of drug-likeness (QED) is 0.413. The fourth-order valence-electron chi connectivity index (χ4n) is 1.15. The van der Waals surface area contributed by atoms with Gasteiger partial charge in [-0.1, -0.05) is 6.07 Å². The molecule has 0 saturated carbocycles. The van der Waals surface area contributed by atoms with E-state index in [4.69, 9.17) is 10.1 Å². The van der Waals surface area contributed by atoms with E-state index < -0.39 is 7.05 Å². The maximum absolute atomic E-state index is 9.19. The van der Waals surface area contributed by atoms with Crippen LogP contribution >= 0.6 is 0 Å². The van der Waals surface area contributed by atoms with E-state index in [1.807, 2.05) is 0 Å². The highest BCUT2D eigenvalue weighted by atomic mass is 16.3. The number of hydrogen-bond donors (Lipinski definition) is 4. The zero-order chi connectivity index (χ0) is 10.6. The van der Waals surface area contributed by atoms with Crippen molar-refractivity contribution >= 4 is 7.05 Å². The van der Waals surface area contributed by atoms with Gasteiger partial charge in [-0.3, -0.25) is 0 Å². The van der Waals surface area contributed by atoms with Crippen LogP contribution in [0.25, 0.3) is 0 Å². The molecule has 76 valence electrons. The minimum Gasteiger partial charge on any atom is -0.504 e. The molecule has 0 unspecified atom stereocenters. The molecule has 1 aromatic carbocycles. The number of rotatable bonds is 4. The van der Waals surface area contributed by atoms with Crippen LogP contribution in [-0.4, -0.2) is 28.8 Å². The second-order valence-corrected chi connectivity index (χ2v) is 3.20. The molecule has 4 N–H and O–H groups in total. The van der Waals surface area contributed by atoms with Crippen molar-refractivity contribution in [2.45, 2.75) is 13.2 Å². The molecule has 5 heteroatoms. The molecule has 1 aromatic rings. The summed E-state index contributed by atoms with van der Waals surface area (Å²) < 4.78 is 0. The Hall–Kier alpha value is -1.20. The molecule has 0 amide bonds. The maximum Gasteiger partial charge on any atom is 0.373 e. The van der Waals surface area contributed by atoms with Gasteiger partial charge in [-0.25, -0.2) is 0 Å². The van der Waals surface area contributed by atoms with Gasteiger partial charge in [0.2, 0.25) is 0 Å². The van der Waals surface area contributed by atoms with Crippen molar-refractivity contribution in [3.63, 3.8) is 0 Å². The molecule has 0 aliphatic heterocycles. The first-order chi connectivity index (χ1) is 6.59. The zero-order valence-corrected chi connectivity index (χ0v) is 8.07. The lowest BCUT2D eigenvalue weighted by atomic mass is 9.89. The smallest absolute Gasteiger partial charge is 0.373 e. The first-order valence-corrected chi connectivity index (χ1v) is 4.52. The lowest BCUT2D eigenvalue weighted by molar-refractivity contribution is 0.403. The molecule has 0 aliphatic carbocycles. The van der Waals surface area contributed by atoms with Gasteiger partial charge >= 0.3 is 7.05 Å². The minimum atomic E-state index is -0.527. The molecule has 0 saturated heterocycles. The fourth-order valence-corrected chi connectivity index (χ4v) is 1.15.